The van der Waals surface area contributed by atoms with Gasteiger partial charge in [-0.3, -0.25) is 10.3 Å². The third-order valence-electron chi connectivity index (χ3n) is 1.96. The lowest BCUT2D eigenvalue weighted by molar-refractivity contribution is 0.209. The molecule has 0 bridgehead atoms. The van der Waals surface area contributed by atoms with Gasteiger partial charge < -0.3 is 5.11 Å². The number of benzene rings is 1. The molecule has 1 aromatic heterocycles. The van der Waals surface area contributed by atoms with E-state index < -0.39 is 6.09 Å². The van der Waals surface area contributed by atoms with Gasteiger partial charge in [-0.05, 0) is 34.1 Å². The molecule has 4 nitrogen and oxygen atoms in total. The summed E-state index contributed by atoms with van der Waals surface area (Å²) in [7, 11) is 0. The first-order valence-corrected chi connectivity index (χ1v) is 5.01. The summed E-state index contributed by atoms with van der Waals surface area (Å²) < 4.78 is 0.704. The number of nitrogens with zero attached hydrogens (tertiary/aromatic N) is 1. The van der Waals surface area contributed by atoms with Gasteiger partial charge in [-0.2, -0.15) is 0 Å². The van der Waals surface area contributed by atoms with Crippen LogP contribution in [0.3, 0.4) is 0 Å². The Balaban J connectivity index is 2.59. The molecule has 0 aliphatic carbocycles. The summed E-state index contributed by atoms with van der Waals surface area (Å²) >= 11 is 3.34. The molecule has 0 saturated carbocycles. The molecule has 0 spiro atoms. The summed E-state index contributed by atoms with van der Waals surface area (Å²) in [4.78, 5) is 14.7. The number of carboxylic acid groups (broad SMARTS) is 1. The number of anilines is 1. The zero-order chi connectivity index (χ0) is 10.8. The van der Waals surface area contributed by atoms with Crippen LogP contribution in [0, 0.1) is 0 Å². The molecule has 0 aliphatic heterocycles. The highest BCUT2D eigenvalue weighted by atomic mass is 79.9. The summed E-state index contributed by atoms with van der Waals surface area (Å²) in [5, 5.41) is 11.8. The molecule has 2 aromatic rings. The van der Waals surface area contributed by atoms with Gasteiger partial charge >= 0.3 is 6.09 Å². The molecule has 0 saturated heterocycles. The topological polar surface area (TPSA) is 62.2 Å². The lowest BCUT2D eigenvalue weighted by Crippen LogP contribution is -2.07. The lowest BCUT2D eigenvalue weighted by Gasteiger charge is -2.06. The highest BCUT2D eigenvalue weighted by Gasteiger charge is 2.07. The second-order valence-electron chi connectivity index (χ2n) is 2.93. The Hall–Kier alpha value is -1.62. The van der Waals surface area contributed by atoms with Gasteiger partial charge in [-0.25, -0.2) is 4.79 Å². The lowest BCUT2D eigenvalue weighted by atomic mass is 10.2. The fourth-order valence-electron chi connectivity index (χ4n) is 1.33. The maximum Gasteiger partial charge on any atom is 0.409 e. The first-order valence-electron chi connectivity index (χ1n) is 4.21. The Morgan fingerprint density at radius 3 is 2.93 bits per heavy atom. The van der Waals surface area contributed by atoms with Gasteiger partial charge in [-0.15, -0.1) is 0 Å². The number of pyridine rings is 1. The van der Waals surface area contributed by atoms with Crippen LogP contribution in [0.1, 0.15) is 0 Å². The molecule has 76 valence electrons. The summed E-state index contributed by atoms with van der Waals surface area (Å²) in [6.07, 6.45) is 0.609. The van der Waals surface area contributed by atoms with E-state index in [2.05, 4.69) is 26.2 Å². The number of hydrogen-bond donors (Lipinski definition) is 2. The van der Waals surface area contributed by atoms with Crippen LogP contribution in [0.4, 0.5) is 10.5 Å². The molecule has 0 fully saturated rings. The van der Waals surface area contributed by atoms with E-state index in [4.69, 9.17) is 5.11 Å². The standard InChI is InChI=1S/C10H7BrN2O2/c11-9-6-2-1-5-12-7(6)3-4-8(9)13-10(14)15/h1-5,13H,(H,14,15). The van der Waals surface area contributed by atoms with E-state index in [-0.39, 0.29) is 0 Å². The fraction of sp³-hybridized carbons (Fsp3) is 0. The van der Waals surface area contributed by atoms with Crippen LogP contribution in [0.25, 0.3) is 10.9 Å². The SMILES string of the molecule is O=C(O)Nc1ccc2ncccc2c1Br. The van der Waals surface area contributed by atoms with Crippen LogP contribution >= 0.6 is 15.9 Å². The van der Waals surface area contributed by atoms with E-state index in [1.54, 1.807) is 24.4 Å². The van der Waals surface area contributed by atoms with E-state index in [0.717, 1.165) is 10.9 Å². The summed E-state index contributed by atoms with van der Waals surface area (Å²) in [6, 6.07) is 7.12. The third-order valence-corrected chi connectivity index (χ3v) is 2.82. The highest BCUT2D eigenvalue weighted by molar-refractivity contribution is 9.10. The molecule has 2 N–H and O–H groups in total. The van der Waals surface area contributed by atoms with E-state index in [1.807, 2.05) is 6.07 Å². The van der Waals surface area contributed by atoms with Gasteiger partial charge in [0.15, 0.2) is 0 Å². The Bertz CT molecular complexity index is 528. The zero-order valence-electron chi connectivity index (χ0n) is 7.57. The molecule has 5 heteroatoms. The molecule has 2 rings (SSSR count). The Kier molecular flexibility index (Phi) is 2.55. The third kappa shape index (κ3) is 1.92. The molecular formula is C10H7BrN2O2. The van der Waals surface area contributed by atoms with Crippen LogP contribution < -0.4 is 5.32 Å². The highest BCUT2D eigenvalue weighted by Crippen LogP contribution is 2.30. The van der Waals surface area contributed by atoms with Gasteiger partial charge in [-0.1, -0.05) is 6.07 Å². The predicted octanol–water partition coefficient (Wildman–Crippen LogP) is 3.09. The van der Waals surface area contributed by atoms with Crippen molar-refractivity contribution in [2.75, 3.05) is 5.32 Å². The van der Waals surface area contributed by atoms with Crippen molar-refractivity contribution in [1.82, 2.24) is 4.98 Å². The van der Waals surface area contributed by atoms with Crippen molar-refractivity contribution >= 4 is 38.6 Å². The molecule has 1 aromatic carbocycles. The number of aromatic nitrogens is 1. The first kappa shape index (κ1) is 9.92. The van der Waals surface area contributed by atoms with Crippen molar-refractivity contribution in [1.29, 1.82) is 0 Å². The van der Waals surface area contributed by atoms with Crippen molar-refractivity contribution in [3.05, 3.63) is 34.9 Å². The number of amides is 1. The van der Waals surface area contributed by atoms with Crippen LogP contribution in [-0.2, 0) is 0 Å². The van der Waals surface area contributed by atoms with Crippen molar-refractivity contribution in [3.8, 4) is 0 Å². The van der Waals surface area contributed by atoms with E-state index >= 15 is 0 Å². The van der Waals surface area contributed by atoms with Crippen molar-refractivity contribution in [3.63, 3.8) is 0 Å². The van der Waals surface area contributed by atoms with Gasteiger partial charge in [0.2, 0.25) is 0 Å². The average Bonchev–Trinajstić information content (AvgIpc) is 2.22. The van der Waals surface area contributed by atoms with Gasteiger partial charge in [0.1, 0.15) is 0 Å². The van der Waals surface area contributed by atoms with Gasteiger partial charge in [0, 0.05) is 11.6 Å². The Morgan fingerprint density at radius 2 is 2.20 bits per heavy atom. The number of nitrogens with one attached hydrogen (secondary N) is 1. The van der Waals surface area contributed by atoms with Gasteiger partial charge in [0.05, 0.1) is 15.7 Å². The second-order valence-corrected chi connectivity index (χ2v) is 3.72. The van der Waals surface area contributed by atoms with Crippen LogP contribution in [0.5, 0.6) is 0 Å². The molecule has 0 radical (unpaired) electrons. The molecule has 15 heavy (non-hydrogen) atoms. The van der Waals surface area contributed by atoms with E-state index in [9.17, 15) is 4.79 Å². The molecule has 0 atom stereocenters. The smallest absolute Gasteiger partial charge is 0.409 e. The number of fused-ring (bicyclic) bond motifs is 1. The number of carbonyl (C=O) groups is 1. The van der Waals surface area contributed by atoms with Crippen LogP contribution in [0.2, 0.25) is 0 Å². The fourth-order valence-corrected chi connectivity index (χ4v) is 1.89. The van der Waals surface area contributed by atoms with Crippen LogP contribution in [-0.4, -0.2) is 16.2 Å². The summed E-state index contributed by atoms with van der Waals surface area (Å²) in [5.41, 5.74) is 1.34. The van der Waals surface area contributed by atoms with E-state index in [0.29, 0.717) is 10.2 Å². The molecular weight excluding hydrogens is 260 g/mol. The minimum Gasteiger partial charge on any atom is -0.465 e. The molecule has 0 unspecified atom stereocenters. The van der Waals surface area contributed by atoms with E-state index in [1.165, 1.54) is 0 Å². The van der Waals surface area contributed by atoms with Crippen molar-refractivity contribution < 1.29 is 9.90 Å². The first-order chi connectivity index (χ1) is 7.18. The molecule has 1 heterocycles. The summed E-state index contributed by atoms with van der Waals surface area (Å²) in [5.74, 6) is 0. The maximum atomic E-state index is 10.5. The van der Waals surface area contributed by atoms with Gasteiger partial charge in [0.25, 0.3) is 0 Å². The number of rotatable bonds is 1. The molecule has 1 amide bonds. The Morgan fingerprint density at radius 1 is 1.40 bits per heavy atom. The zero-order valence-corrected chi connectivity index (χ0v) is 9.15. The van der Waals surface area contributed by atoms with Crippen molar-refractivity contribution in [2.45, 2.75) is 0 Å². The Labute approximate surface area is 94.1 Å². The van der Waals surface area contributed by atoms with Crippen molar-refractivity contribution in [2.24, 2.45) is 0 Å². The maximum absolute atomic E-state index is 10.5. The average molecular weight is 267 g/mol. The minimum atomic E-state index is -1.08. The molecule has 0 aliphatic rings. The largest absolute Gasteiger partial charge is 0.465 e. The second kappa shape index (κ2) is 3.86. The minimum absolute atomic E-state index is 0.517. The summed E-state index contributed by atoms with van der Waals surface area (Å²) in [6.45, 7) is 0. The quantitative estimate of drug-likeness (QED) is 0.834. The predicted molar refractivity (Wildman–Crippen MR) is 61.1 cm³/mol. The normalized spacial score (nSPS) is 10.2. The number of hydrogen-bond acceptors (Lipinski definition) is 2. The number of halogens is 1. The monoisotopic (exact) mass is 266 g/mol. The van der Waals surface area contributed by atoms with Crippen LogP contribution in [0.15, 0.2) is 34.9 Å².